The van der Waals surface area contributed by atoms with Crippen molar-refractivity contribution >= 4 is 5.97 Å². The van der Waals surface area contributed by atoms with Crippen molar-refractivity contribution in [2.24, 2.45) is 11.8 Å². The lowest BCUT2D eigenvalue weighted by atomic mass is 10.1. The minimum absolute atomic E-state index is 0.0567. The first kappa shape index (κ1) is 9.25. The van der Waals surface area contributed by atoms with Gasteiger partial charge in [0.1, 0.15) is 0 Å². The normalized spacial score (nSPS) is 24.6. The summed E-state index contributed by atoms with van der Waals surface area (Å²) in [6.45, 7) is 0. The Labute approximate surface area is 83.6 Å². The summed E-state index contributed by atoms with van der Waals surface area (Å²) in [4.78, 5) is 10.6. The molecular formula is C12H14O2. The van der Waals surface area contributed by atoms with E-state index in [0.717, 1.165) is 19.3 Å². The van der Waals surface area contributed by atoms with E-state index in [-0.39, 0.29) is 5.92 Å². The number of rotatable bonds is 4. The smallest absolute Gasteiger partial charge is 0.306 e. The largest absolute Gasteiger partial charge is 0.481 e. The first-order valence-electron chi connectivity index (χ1n) is 5.04. The van der Waals surface area contributed by atoms with Gasteiger partial charge in [0.05, 0.1) is 5.92 Å². The SMILES string of the molecule is O=C(O)[C@@H]1C[C@H]1CCc1ccccc1. The molecule has 74 valence electrons. The number of aryl methyl sites for hydroxylation is 1. The Balaban J connectivity index is 1.77. The monoisotopic (exact) mass is 190 g/mol. The van der Waals surface area contributed by atoms with Crippen LogP contribution in [-0.4, -0.2) is 11.1 Å². The molecular weight excluding hydrogens is 176 g/mol. The molecule has 0 aliphatic heterocycles. The molecule has 0 bridgehead atoms. The molecule has 0 amide bonds. The van der Waals surface area contributed by atoms with E-state index in [0.29, 0.717) is 5.92 Å². The molecule has 1 aliphatic rings. The number of hydrogen-bond donors (Lipinski definition) is 1. The topological polar surface area (TPSA) is 37.3 Å². The summed E-state index contributed by atoms with van der Waals surface area (Å²) in [5.41, 5.74) is 1.31. The maximum atomic E-state index is 10.6. The molecule has 1 aromatic rings. The van der Waals surface area contributed by atoms with Crippen molar-refractivity contribution in [3.63, 3.8) is 0 Å². The third-order valence-corrected chi connectivity index (χ3v) is 2.89. The fourth-order valence-corrected chi connectivity index (χ4v) is 1.87. The van der Waals surface area contributed by atoms with Crippen LogP contribution in [0.5, 0.6) is 0 Å². The van der Waals surface area contributed by atoms with E-state index in [1.54, 1.807) is 0 Å². The summed E-state index contributed by atoms with van der Waals surface area (Å²) in [5.74, 6) is -0.255. The molecule has 0 radical (unpaired) electrons. The molecule has 2 rings (SSSR count). The van der Waals surface area contributed by atoms with Gasteiger partial charge in [-0.2, -0.15) is 0 Å². The van der Waals surface area contributed by atoms with Crippen LogP contribution in [0.2, 0.25) is 0 Å². The molecule has 0 saturated heterocycles. The van der Waals surface area contributed by atoms with Gasteiger partial charge in [-0.25, -0.2) is 0 Å². The summed E-state index contributed by atoms with van der Waals surface area (Å²) in [5, 5.41) is 8.72. The molecule has 2 heteroatoms. The lowest BCUT2D eigenvalue weighted by molar-refractivity contribution is -0.138. The molecule has 0 heterocycles. The average molecular weight is 190 g/mol. The molecule has 1 N–H and O–H groups in total. The number of carbonyl (C=O) groups is 1. The zero-order chi connectivity index (χ0) is 9.97. The summed E-state index contributed by atoms with van der Waals surface area (Å²) in [6, 6.07) is 10.2. The highest BCUT2D eigenvalue weighted by Crippen LogP contribution is 2.41. The molecule has 14 heavy (non-hydrogen) atoms. The molecule has 2 atom stereocenters. The Hall–Kier alpha value is -1.31. The molecule has 2 nitrogen and oxygen atoms in total. The van der Waals surface area contributed by atoms with Crippen molar-refractivity contribution in [2.75, 3.05) is 0 Å². The molecule has 1 saturated carbocycles. The van der Waals surface area contributed by atoms with Crippen LogP contribution in [0.1, 0.15) is 18.4 Å². The van der Waals surface area contributed by atoms with Gasteiger partial charge in [-0.15, -0.1) is 0 Å². The average Bonchev–Trinajstić information content (AvgIpc) is 2.96. The van der Waals surface area contributed by atoms with Crippen molar-refractivity contribution in [1.29, 1.82) is 0 Å². The van der Waals surface area contributed by atoms with E-state index in [4.69, 9.17) is 5.11 Å². The van der Waals surface area contributed by atoms with Crippen LogP contribution in [-0.2, 0) is 11.2 Å². The lowest BCUT2D eigenvalue weighted by Gasteiger charge is -1.99. The van der Waals surface area contributed by atoms with Crippen LogP contribution < -0.4 is 0 Å². The first-order chi connectivity index (χ1) is 6.77. The van der Waals surface area contributed by atoms with Gasteiger partial charge >= 0.3 is 5.97 Å². The van der Waals surface area contributed by atoms with Crippen molar-refractivity contribution in [3.8, 4) is 0 Å². The van der Waals surface area contributed by atoms with Gasteiger partial charge in [-0.05, 0) is 30.7 Å². The highest BCUT2D eigenvalue weighted by atomic mass is 16.4. The van der Waals surface area contributed by atoms with E-state index in [2.05, 4.69) is 12.1 Å². The van der Waals surface area contributed by atoms with Gasteiger partial charge in [-0.1, -0.05) is 30.3 Å². The van der Waals surface area contributed by atoms with E-state index >= 15 is 0 Å². The second-order valence-corrected chi connectivity index (χ2v) is 3.96. The van der Waals surface area contributed by atoms with Crippen molar-refractivity contribution in [1.82, 2.24) is 0 Å². The maximum Gasteiger partial charge on any atom is 0.306 e. The van der Waals surface area contributed by atoms with Gasteiger partial charge < -0.3 is 5.11 Å². The highest BCUT2D eigenvalue weighted by molar-refractivity contribution is 5.73. The van der Waals surface area contributed by atoms with Gasteiger partial charge in [0.25, 0.3) is 0 Å². The number of hydrogen-bond acceptors (Lipinski definition) is 1. The maximum absolute atomic E-state index is 10.6. The van der Waals surface area contributed by atoms with E-state index < -0.39 is 5.97 Å². The second-order valence-electron chi connectivity index (χ2n) is 3.96. The van der Waals surface area contributed by atoms with Crippen LogP contribution >= 0.6 is 0 Å². The first-order valence-corrected chi connectivity index (χ1v) is 5.04. The Morgan fingerprint density at radius 3 is 2.64 bits per heavy atom. The van der Waals surface area contributed by atoms with Gasteiger partial charge in [0.2, 0.25) is 0 Å². The molecule has 0 aromatic heterocycles. The summed E-state index contributed by atoms with van der Waals surface area (Å²) in [6.07, 6.45) is 2.90. The van der Waals surface area contributed by atoms with Crippen molar-refractivity contribution in [3.05, 3.63) is 35.9 Å². The summed E-state index contributed by atoms with van der Waals surface area (Å²) < 4.78 is 0. The number of benzene rings is 1. The Morgan fingerprint density at radius 1 is 1.36 bits per heavy atom. The zero-order valence-electron chi connectivity index (χ0n) is 8.02. The van der Waals surface area contributed by atoms with Crippen molar-refractivity contribution in [2.45, 2.75) is 19.3 Å². The Morgan fingerprint density at radius 2 is 2.07 bits per heavy atom. The fourth-order valence-electron chi connectivity index (χ4n) is 1.87. The zero-order valence-corrected chi connectivity index (χ0v) is 8.02. The van der Waals surface area contributed by atoms with E-state index in [9.17, 15) is 4.79 Å². The lowest BCUT2D eigenvalue weighted by Crippen LogP contribution is -2.00. The van der Waals surface area contributed by atoms with Gasteiger partial charge in [0.15, 0.2) is 0 Å². The van der Waals surface area contributed by atoms with E-state index in [1.807, 2.05) is 18.2 Å². The van der Waals surface area contributed by atoms with Crippen LogP contribution in [0.4, 0.5) is 0 Å². The molecule has 1 aliphatic carbocycles. The fraction of sp³-hybridized carbons (Fsp3) is 0.417. The highest BCUT2D eigenvalue weighted by Gasteiger charge is 2.42. The minimum Gasteiger partial charge on any atom is -0.481 e. The number of carboxylic acid groups (broad SMARTS) is 1. The summed E-state index contributed by atoms with van der Waals surface area (Å²) in [7, 11) is 0. The minimum atomic E-state index is -0.622. The Kier molecular flexibility index (Phi) is 2.53. The Bertz CT molecular complexity index is 318. The molecule has 0 unspecified atom stereocenters. The molecule has 1 aromatic carbocycles. The van der Waals surface area contributed by atoms with Gasteiger partial charge in [0, 0.05) is 0 Å². The standard InChI is InChI=1S/C12H14O2/c13-12(14)11-8-10(11)7-6-9-4-2-1-3-5-9/h1-5,10-11H,6-8H2,(H,13,14)/t10-,11-/m1/s1. The number of aliphatic carboxylic acids is 1. The van der Waals surface area contributed by atoms with Gasteiger partial charge in [-0.3, -0.25) is 4.79 Å². The quantitative estimate of drug-likeness (QED) is 0.791. The third kappa shape index (κ3) is 2.13. The summed E-state index contributed by atoms with van der Waals surface area (Å²) >= 11 is 0. The second kappa shape index (κ2) is 3.82. The van der Waals surface area contributed by atoms with Crippen LogP contribution in [0.3, 0.4) is 0 Å². The van der Waals surface area contributed by atoms with E-state index in [1.165, 1.54) is 5.56 Å². The van der Waals surface area contributed by atoms with Crippen LogP contribution in [0.15, 0.2) is 30.3 Å². The predicted molar refractivity (Wildman–Crippen MR) is 54.0 cm³/mol. The van der Waals surface area contributed by atoms with Crippen LogP contribution in [0.25, 0.3) is 0 Å². The molecule has 1 fully saturated rings. The molecule has 0 spiro atoms. The third-order valence-electron chi connectivity index (χ3n) is 2.89. The predicted octanol–water partition coefficient (Wildman–Crippen LogP) is 2.34. The van der Waals surface area contributed by atoms with Crippen molar-refractivity contribution < 1.29 is 9.90 Å². The van der Waals surface area contributed by atoms with Crippen LogP contribution in [0, 0.1) is 11.8 Å². The number of carboxylic acids is 1.